The van der Waals surface area contributed by atoms with Crippen molar-refractivity contribution >= 4 is 5.96 Å². The molecule has 1 aliphatic heterocycles. The number of nitrogens with zero attached hydrogens (tertiary/aromatic N) is 3. The lowest BCUT2D eigenvalue weighted by molar-refractivity contribution is 0.125. The predicted octanol–water partition coefficient (Wildman–Crippen LogP) is 1.22. The molecule has 0 aromatic carbocycles. The van der Waals surface area contributed by atoms with Crippen LogP contribution in [0.25, 0.3) is 0 Å². The minimum Gasteiger partial charge on any atom is -0.357 e. The van der Waals surface area contributed by atoms with E-state index in [-0.39, 0.29) is 0 Å². The molecule has 5 nitrogen and oxygen atoms in total. The minimum absolute atomic E-state index is 0.417. The molecular weight excluding hydrogens is 262 g/mol. The Kier molecular flexibility index (Phi) is 8.69. The molecule has 1 unspecified atom stereocenters. The maximum Gasteiger partial charge on any atom is 0.191 e. The Morgan fingerprint density at radius 2 is 1.67 bits per heavy atom. The van der Waals surface area contributed by atoms with Gasteiger partial charge in [-0.2, -0.15) is 0 Å². The van der Waals surface area contributed by atoms with Gasteiger partial charge in [0.05, 0.1) is 0 Å². The van der Waals surface area contributed by atoms with Crippen molar-refractivity contribution in [3.63, 3.8) is 0 Å². The van der Waals surface area contributed by atoms with Crippen molar-refractivity contribution in [3.8, 4) is 0 Å². The van der Waals surface area contributed by atoms with Crippen LogP contribution in [0.15, 0.2) is 4.99 Å². The van der Waals surface area contributed by atoms with Crippen molar-refractivity contribution in [1.29, 1.82) is 0 Å². The third-order valence-electron chi connectivity index (χ3n) is 3.81. The first-order chi connectivity index (χ1) is 10.0. The molecule has 0 spiro atoms. The summed E-state index contributed by atoms with van der Waals surface area (Å²) >= 11 is 0. The van der Waals surface area contributed by atoms with Gasteiger partial charge in [0.15, 0.2) is 5.96 Å². The van der Waals surface area contributed by atoms with Gasteiger partial charge in [-0.1, -0.05) is 13.8 Å². The van der Waals surface area contributed by atoms with Crippen LogP contribution in [0.2, 0.25) is 0 Å². The van der Waals surface area contributed by atoms with Crippen LogP contribution in [0, 0.1) is 5.92 Å². The van der Waals surface area contributed by atoms with Gasteiger partial charge in [-0.15, -0.1) is 0 Å². The second kappa shape index (κ2) is 10.0. The smallest absolute Gasteiger partial charge is 0.191 e. The fraction of sp³-hybridized carbons (Fsp3) is 0.938. The fourth-order valence-electron chi connectivity index (χ4n) is 2.63. The SMILES string of the molecule is CCNC(=NCC(C)CN1CCN(CC)CC1)NC(C)C. The molecule has 1 heterocycles. The Morgan fingerprint density at radius 3 is 2.19 bits per heavy atom. The molecule has 5 heteroatoms. The van der Waals surface area contributed by atoms with E-state index >= 15 is 0 Å². The largest absolute Gasteiger partial charge is 0.357 e. The van der Waals surface area contributed by atoms with Crippen molar-refractivity contribution in [3.05, 3.63) is 0 Å². The normalized spacial score (nSPS) is 19.8. The van der Waals surface area contributed by atoms with Gasteiger partial charge in [-0.05, 0) is 33.2 Å². The number of hydrogen-bond acceptors (Lipinski definition) is 3. The third kappa shape index (κ3) is 7.67. The van der Waals surface area contributed by atoms with Crippen LogP contribution in [-0.2, 0) is 0 Å². The van der Waals surface area contributed by atoms with Gasteiger partial charge < -0.3 is 20.4 Å². The monoisotopic (exact) mass is 297 g/mol. The van der Waals surface area contributed by atoms with Gasteiger partial charge >= 0.3 is 0 Å². The van der Waals surface area contributed by atoms with Crippen LogP contribution in [0.3, 0.4) is 0 Å². The second-order valence-corrected chi connectivity index (χ2v) is 6.36. The summed E-state index contributed by atoms with van der Waals surface area (Å²) in [6, 6.07) is 0.417. The van der Waals surface area contributed by atoms with Gasteiger partial charge in [0.1, 0.15) is 0 Å². The Labute approximate surface area is 131 Å². The average molecular weight is 297 g/mol. The van der Waals surface area contributed by atoms with Crippen molar-refractivity contribution in [2.24, 2.45) is 10.9 Å². The van der Waals surface area contributed by atoms with Crippen LogP contribution in [-0.4, -0.2) is 74.2 Å². The summed E-state index contributed by atoms with van der Waals surface area (Å²) in [5, 5.41) is 6.68. The van der Waals surface area contributed by atoms with E-state index in [1.54, 1.807) is 0 Å². The molecule has 1 saturated heterocycles. The van der Waals surface area contributed by atoms with Crippen LogP contribution in [0.4, 0.5) is 0 Å². The summed E-state index contributed by atoms with van der Waals surface area (Å²) in [4.78, 5) is 9.81. The topological polar surface area (TPSA) is 42.9 Å². The Balaban J connectivity index is 2.33. The van der Waals surface area contributed by atoms with Crippen molar-refractivity contribution in [2.45, 2.75) is 40.7 Å². The summed E-state index contributed by atoms with van der Waals surface area (Å²) in [6.45, 7) is 19.9. The summed E-state index contributed by atoms with van der Waals surface area (Å²) < 4.78 is 0. The molecule has 1 rings (SSSR count). The number of rotatable bonds is 7. The van der Waals surface area contributed by atoms with E-state index in [9.17, 15) is 0 Å². The highest BCUT2D eigenvalue weighted by Crippen LogP contribution is 2.06. The Hall–Kier alpha value is -0.810. The third-order valence-corrected chi connectivity index (χ3v) is 3.81. The molecule has 0 bridgehead atoms. The average Bonchev–Trinajstić information content (AvgIpc) is 2.45. The molecule has 0 aromatic rings. The number of guanidine groups is 1. The molecule has 0 saturated carbocycles. The van der Waals surface area contributed by atoms with E-state index in [4.69, 9.17) is 4.99 Å². The predicted molar refractivity (Wildman–Crippen MR) is 92.0 cm³/mol. The van der Waals surface area contributed by atoms with E-state index in [1.165, 1.54) is 32.7 Å². The van der Waals surface area contributed by atoms with Gasteiger partial charge in [-0.25, -0.2) is 0 Å². The maximum atomic E-state index is 4.71. The number of likely N-dealkylation sites (N-methyl/N-ethyl adjacent to an activating group) is 1. The first-order valence-corrected chi connectivity index (χ1v) is 8.54. The summed E-state index contributed by atoms with van der Waals surface area (Å²) in [5.74, 6) is 1.54. The molecule has 0 amide bonds. The molecule has 2 N–H and O–H groups in total. The summed E-state index contributed by atoms with van der Waals surface area (Å²) in [7, 11) is 0. The molecule has 124 valence electrons. The second-order valence-electron chi connectivity index (χ2n) is 6.36. The standard InChI is InChI=1S/C16H35N5/c1-6-17-16(19-14(3)4)18-12-15(5)13-21-10-8-20(7-2)9-11-21/h14-15H,6-13H2,1-5H3,(H2,17,18,19). The number of hydrogen-bond donors (Lipinski definition) is 2. The maximum absolute atomic E-state index is 4.71. The Morgan fingerprint density at radius 1 is 1.05 bits per heavy atom. The highest BCUT2D eigenvalue weighted by molar-refractivity contribution is 5.79. The first kappa shape index (κ1) is 18.2. The van der Waals surface area contributed by atoms with Crippen molar-refractivity contribution in [2.75, 3.05) is 52.4 Å². The van der Waals surface area contributed by atoms with Crippen molar-refractivity contribution < 1.29 is 0 Å². The quantitative estimate of drug-likeness (QED) is 0.548. The zero-order valence-electron chi connectivity index (χ0n) is 14.7. The lowest BCUT2D eigenvalue weighted by Crippen LogP contribution is -2.47. The zero-order chi connectivity index (χ0) is 15.7. The summed E-state index contributed by atoms with van der Waals surface area (Å²) in [5.41, 5.74) is 0. The van der Waals surface area contributed by atoms with E-state index in [2.05, 4.69) is 55.1 Å². The zero-order valence-corrected chi connectivity index (χ0v) is 14.7. The highest BCUT2D eigenvalue weighted by atomic mass is 15.3. The van der Waals surface area contributed by atoms with Crippen molar-refractivity contribution in [1.82, 2.24) is 20.4 Å². The molecule has 1 atom stereocenters. The van der Waals surface area contributed by atoms with E-state index in [0.717, 1.165) is 25.6 Å². The lowest BCUT2D eigenvalue weighted by Gasteiger charge is -2.35. The number of piperazine rings is 1. The van der Waals surface area contributed by atoms with E-state index in [0.29, 0.717) is 12.0 Å². The molecule has 0 aromatic heterocycles. The highest BCUT2D eigenvalue weighted by Gasteiger charge is 2.17. The van der Waals surface area contributed by atoms with Crippen LogP contribution >= 0.6 is 0 Å². The summed E-state index contributed by atoms with van der Waals surface area (Å²) in [6.07, 6.45) is 0. The molecule has 0 radical (unpaired) electrons. The van der Waals surface area contributed by atoms with Gasteiger partial charge in [-0.3, -0.25) is 4.99 Å². The van der Waals surface area contributed by atoms with Crippen LogP contribution < -0.4 is 10.6 Å². The number of aliphatic imine (C=N–C) groups is 1. The van der Waals surface area contributed by atoms with E-state index < -0.39 is 0 Å². The van der Waals surface area contributed by atoms with Gasteiger partial charge in [0.25, 0.3) is 0 Å². The molecule has 1 aliphatic rings. The molecular formula is C16H35N5. The van der Waals surface area contributed by atoms with Gasteiger partial charge in [0.2, 0.25) is 0 Å². The number of nitrogens with one attached hydrogen (secondary N) is 2. The van der Waals surface area contributed by atoms with Gasteiger partial charge in [0, 0.05) is 51.9 Å². The van der Waals surface area contributed by atoms with E-state index in [1.807, 2.05) is 0 Å². The minimum atomic E-state index is 0.417. The van der Waals surface area contributed by atoms with Crippen LogP contribution in [0.1, 0.15) is 34.6 Å². The molecule has 21 heavy (non-hydrogen) atoms. The Bertz CT molecular complexity index is 295. The van der Waals surface area contributed by atoms with Crippen LogP contribution in [0.5, 0.6) is 0 Å². The fourth-order valence-corrected chi connectivity index (χ4v) is 2.63. The first-order valence-electron chi connectivity index (χ1n) is 8.54. The lowest BCUT2D eigenvalue weighted by atomic mass is 10.1. The molecule has 1 fully saturated rings. The molecule has 0 aliphatic carbocycles.